The number of nitrogens with one attached hydrogen (secondary N) is 1. The molecule has 1 saturated heterocycles. The first kappa shape index (κ1) is 26.6. The average molecular weight is 514 g/mol. The molecule has 1 aliphatic carbocycles. The zero-order chi connectivity index (χ0) is 26.3. The molecule has 0 aromatic carbocycles. The summed E-state index contributed by atoms with van der Waals surface area (Å²) in [7, 11) is 0. The third-order valence-corrected chi connectivity index (χ3v) is 7.08. The van der Waals surface area contributed by atoms with Gasteiger partial charge in [-0.2, -0.15) is 13.2 Å². The molecule has 1 N–H and O–H groups in total. The molecule has 198 valence electrons. The lowest BCUT2D eigenvalue weighted by atomic mass is 9.83. The van der Waals surface area contributed by atoms with E-state index in [1.165, 1.54) is 16.5 Å². The largest absolute Gasteiger partial charge is 0.435 e. The van der Waals surface area contributed by atoms with Crippen molar-refractivity contribution in [1.82, 2.24) is 14.7 Å². The third-order valence-electron chi connectivity index (χ3n) is 7.08. The zero-order valence-electron chi connectivity index (χ0n) is 20.7. The molecule has 36 heavy (non-hydrogen) atoms. The van der Waals surface area contributed by atoms with Crippen LogP contribution in [0.5, 0.6) is 0 Å². The van der Waals surface area contributed by atoms with E-state index >= 15 is 0 Å². The molecule has 5 nitrogen and oxygen atoms in total. The molecule has 0 spiro atoms. The van der Waals surface area contributed by atoms with Crippen LogP contribution in [0.4, 0.5) is 22.0 Å². The highest BCUT2D eigenvalue weighted by Crippen LogP contribution is 2.40. The Balaban J connectivity index is 1.55. The fourth-order valence-electron chi connectivity index (χ4n) is 5.33. The number of ether oxygens (including phenoxy) is 1. The van der Waals surface area contributed by atoms with Crippen LogP contribution in [0.25, 0.3) is 11.7 Å². The predicted octanol–water partition coefficient (Wildman–Crippen LogP) is 6.12. The number of carbonyl (C=O) groups excluding carboxylic acids is 1. The standard InChI is InChI=1S/C26H32F5N3O2/c1-16-12-18(4-5-22(35)32-19-8-11-36-24(2,3)15-19)14-21-33-23(26(29,30)31)20(34(16)21)13-17-6-9-25(27,28)10-7-17/h4-5,12,14,17,19H,6-11,13,15H2,1-3H3,(H,32,35). The third kappa shape index (κ3) is 6.25. The maximum absolute atomic E-state index is 13.9. The van der Waals surface area contributed by atoms with Crippen LogP contribution in [-0.4, -0.2) is 39.5 Å². The molecule has 10 heteroatoms. The van der Waals surface area contributed by atoms with Gasteiger partial charge in [-0.15, -0.1) is 0 Å². The molecule has 1 amide bonds. The molecule has 2 aromatic rings. The number of nitrogens with zero attached hydrogens (tertiary/aromatic N) is 2. The molecule has 0 radical (unpaired) electrons. The van der Waals surface area contributed by atoms with Crippen LogP contribution >= 0.6 is 0 Å². The molecule has 1 aliphatic heterocycles. The van der Waals surface area contributed by atoms with Crippen LogP contribution in [0, 0.1) is 12.8 Å². The Kier molecular flexibility index (Phi) is 7.20. The molecular formula is C26H32F5N3O2. The van der Waals surface area contributed by atoms with E-state index in [1.807, 2.05) is 13.8 Å². The number of aromatic nitrogens is 2. The Morgan fingerprint density at radius 1 is 1.22 bits per heavy atom. The Morgan fingerprint density at radius 3 is 2.56 bits per heavy atom. The fourth-order valence-corrected chi connectivity index (χ4v) is 5.33. The summed E-state index contributed by atoms with van der Waals surface area (Å²) in [6.45, 7) is 6.17. The second-order valence-electron chi connectivity index (χ2n) is 10.7. The van der Waals surface area contributed by atoms with Gasteiger partial charge in [0.05, 0.1) is 11.3 Å². The monoisotopic (exact) mass is 513 g/mol. The Hall–Kier alpha value is -2.49. The van der Waals surface area contributed by atoms with E-state index in [9.17, 15) is 26.7 Å². The highest BCUT2D eigenvalue weighted by Gasteiger charge is 2.40. The first-order valence-electron chi connectivity index (χ1n) is 12.3. The van der Waals surface area contributed by atoms with E-state index in [0.717, 1.165) is 0 Å². The number of imidazole rings is 1. The summed E-state index contributed by atoms with van der Waals surface area (Å²) in [6.07, 6.45) is -0.577. The molecule has 2 aliphatic rings. The number of pyridine rings is 1. The van der Waals surface area contributed by atoms with Crippen LogP contribution in [0.3, 0.4) is 0 Å². The second-order valence-corrected chi connectivity index (χ2v) is 10.7. The van der Waals surface area contributed by atoms with Crippen molar-refractivity contribution in [3.8, 4) is 0 Å². The summed E-state index contributed by atoms with van der Waals surface area (Å²) >= 11 is 0. The fraction of sp³-hybridized carbons (Fsp3) is 0.615. The minimum absolute atomic E-state index is 0.000575. The van der Waals surface area contributed by atoms with E-state index in [1.54, 1.807) is 19.1 Å². The summed E-state index contributed by atoms with van der Waals surface area (Å²) in [5, 5.41) is 2.95. The number of hydrogen-bond acceptors (Lipinski definition) is 3. The summed E-state index contributed by atoms with van der Waals surface area (Å²) in [5.41, 5.74) is -0.105. The van der Waals surface area contributed by atoms with E-state index < -0.39 is 17.8 Å². The van der Waals surface area contributed by atoms with Gasteiger partial charge in [-0.1, -0.05) is 0 Å². The molecule has 0 bridgehead atoms. The van der Waals surface area contributed by atoms with Crippen molar-refractivity contribution < 1.29 is 31.5 Å². The number of aryl methyl sites for hydroxylation is 1. The number of rotatable bonds is 5. The Bertz CT molecular complexity index is 1140. The van der Waals surface area contributed by atoms with Gasteiger partial charge in [0.15, 0.2) is 5.69 Å². The van der Waals surface area contributed by atoms with Gasteiger partial charge in [-0.05, 0) is 82.6 Å². The van der Waals surface area contributed by atoms with E-state index in [4.69, 9.17) is 4.74 Å². The summed E-state index contributed by atoms with van der Waals surface area (Å²) < 4.78 is 75.8. The zero-order valence-corrected chi connectivity index (χ0v) is 20.7. The first-order valence-corrected chi connectivity index (χ1v) is 12.3. The van der Waals surface area contributed by atoms with Crippen molar-refractivity contribution in [2.45, 2.75) is 89.5 Å². The van der Waals surface area contributed by atoms with Crippen molar-refractivity contribution in [3.05, 3.63) is 40.9 Å². The number of fused-ring (bicyclic) bond motifs is 1. The number of halogens is 5. The van der Waals surface area contributed by atoms with Gasteiger partial charge in [0.1, 0.15) is 5.65 Å². The average Bonchev–Trinajstić information content (AvgIpc) is 3.12. The van der Waals surface area contributed by atoms with Crippen molar-refractivity contribution in [2.75, 3.05) is 6.61 Å². The van der Waals surface area contributed by atoms with E-state index in [0.29, 0.717) is 30.7 Å². The molecular weight excluding hydrogens is 481 g/mol. The maximum Gasteiger partial charge on any atom is 0.435 e. The summed E-state index contributed by atoms with van der Waals surface area (Å²) in [4.78, 5) is 16.3. The SMILES string of the molecule is Cc1cc(C=CC(=O)NC2CCOC(C)(C)C2)cc2nc(C(F)(F)F)c(CC3CCC(F)(F)CC3)n12. The lowest BCUT2D eigenvalue weighted by molar-refractivity contribution is -0.141. The lowest BCUT2D eigenvalue weighted by Gasteiger charge is -2.35. The van der Waals surface area contributed by atoms with Crippen LogP contribution in [-0.2, 0) is 22.1 Å². The van der Waals surface area contributed by atoms with Crippen LogP contribution in [0.1, 0.15) is 75.0 Å². The van der Waals surface area contributed by atoms with Crippen molar-refractivity contribution >= 4 is 17.6 Å². The lowest BCUT2D eigenvalue weighted by Crippen LogP contribution is -2.45. The Labute approximate surface area is 207 Å². The molecule has 2 aromatic heterocycles. The van der Waals surface area contributed by atoms with Crippen molar-refractivity contribution in [1.29, 1.82) is 0 Å². The van der Waals surface area contributed by atoms with Gasteiger partial charge < -0.3 is 14.5 Å². The van der Waals surface area contributed by atoms with E-state index in [-0.39, 0.29) is 66.9 Å². The smallest absolute Gasteiger partial charge is 0.375 e. The van der Waals surface area contributed by atoms with Gasteiger partial charge in [0, 0.05) is 37.3 Å². The minimum atomic E-state index is -4.67. The first-order chi connectivity index (χ1) is 16.7. The van der Waals surface area contributed by atoms with Gasteiger partial charge in [0.25, 0.3) is 0 Å². The number of alkyl halides is 5. The number of hydrogen-bond donors (Lipinski definition) is 1. The molecule has 3 heterocycles. The molecule has 1 unspecified atom stereocenters. The highest BCUT2D eigenvalue weighted by molar-refractivity contribution is 5.92. The quantitative estimate of drug-likeness (QED) is 0.387. The van der Waals surface area contributed by atoms with Crippen LogP contribution in [0.2, 0.25) is 0 Å². The van der Waals surface area contributed by atoms with Gasteiger partial charge >= 0.3 is 6.18 Å². The maximum atomic E-state index is 13.9. The Morgan fingerprint density at radius 2 is 1.92 bits per heavy atom. The normalized spacial score (nSPS) is 22.8. The molecule has 1 atom stereocenters. The summed E-state index contributed by atoms with van der Waals surface area (Å²) in [5.74, 6) is -3.29. The van der Waals surface area contributed by atoms with Crippen molar-refractivity contribution in [2.24, 2.45) is 5.92 Å². The number of carbonyl (C=O) groups is 1. The highest BCUT2D eigenvalue weighted by atomic mass is 19.4. The van der Waals surface area contributed by atoms with Gasteiger partial charge in [-0.3, -0.25) is 4.79 Å². The van der Waals surface area contributed by atoms with Crippen molar-refractivity contribution in [3.63, 3.8) is 0 Å². The van der Waals surface area contributed by atoms with E-state index in [2.05, 4.69) is 10.3 Å². The molecule has 4 rings (SSSR count). The van der Waals surface area contributed by atoms with Crippen LogP contribution < -0.4 is 5.32 Å². The summed E-state index contributed by atoms with van der Waals surface area (Å²) in [6, 6.07) is 3.18. The van der Waals surface area contributed by atoms with Gasteiger partial charge in [-0.25, -0.2) is 13.8 Å². The minimum Gasteiger partial charge on any atom is -0.375 e. The second kappa shape index (κ2) is 9.76. The predicted molar refractivity (Wildman–Crippen MR) is 126 cm³/mol. The number of amides is 1. The molecule has 2 fully saturated rings. The van der Waals surface area contributed by atoms with Crippen LogP contribution in [0.15, 0.2) is 18.2 Å². The van der Waals surface area contributed by atoms with Gasteiger partial charge in [0.2, 0.25) is 11.8 Å². The molecule has 1 saturated carbocycles. The topological polar surface area (TPSA) is 55.6 Å².